The maximum Gasteiger partial charge on any atom is 0.407 e. The Morgan fingerprint density at radius 2 is 2.00 bits per heavy atom. The molecule has 2 bridgehead atoms. The van der Waals surface area contributed by atoms with Crippen molar-refractivity contribution in [3.8, 4) is 0 Å². The maximum atomic E-state index is 11.8. The first-order valence-electron chi connectivity index (χ1n) is 6.89. The standard InChI is InChI=1S/C16H19NO2/c1-11-13-7-8-14(9-13)15(11)17-16(18)19-10-12-5-3-2-4-6-12/h2-8,11,13-15H,9-10H2,1H3,(H,17,18)/t11-,13+,14-,15-/m1/s1. The van der Waals surface area contributed by atoms with Gasteiger partial charge in [0.15, 0.2) is 0 Å². The fourth-order valence-corrected chi connectivity index (χ4v) is 3.21. The molecule has 3 rings (SSSR count). The summed E-state index contributed by atoms with van der Waals surface area (Å²) in [5.41, 5.74) is 1.01. The maximum absolute atomic E-state index is 11.8. The monoisotopic (exact) mass is 257 g/mol. The van der Waals surface area contributed by atoms with E-state index in [0.29, 0.717) is 24.4 Å². The molecule has 100 valence electrons. The third kappa shape index (κ3) is 2.50. The second-order valence-electron chi connectivity index (χ2n) is 5.54. The highest BCUT2D eigenvalue weighted by atomic mass is 16.5. The van der Waals surface area contributed by atoms with Gasteiger partial charge in [0.05, 0.1) is 0 Å². The van der Waals surface area contributed by atoms with Gasteiger partial charge < -0.3 is 10.1 Å². The van der Waals surface area contributed by atoms with Gasteiger partial charge in [-0.3, -0.25) is 0 Å². The van der Waals surface area contributed by atoms with Crippen LogP contribution < -0.4 is 5.32 Å². The van der Waals surface area contributed by atoms with E-state index in [9.17, 15) is 4.79 Å². The zero-order valence-corrected chi connectivity index (χ0v) is 11.1. The van der Waals surface area contributed by atoms with Crippen LogP contribution in [0.2, 0.25) is 0 Å². The van der Waals surface area contributed by atoms with E-state index < -0.39 is 0 Å². The van der Waals surface area contributed by atoms with E-state index >= 15 is 0 Å². The number of carbonyl (C=O) groups is 1. The summed E-state index contributed by atoms with van der Waals surface area (Å²) in [5, 5.41) is 3.02. The zero-order chi connectivity index (χ0) is 13.2. The lowest BCUT2D eigenvalue weighted by atomic mass is 9.91. The molecule has 2 aliphatic rings. The van der Waals surface area contributed by atoms with Gasteiger partial charge in [-0.15, -0.1) is 0 Å². The Morgan fingerprint density at radius 1 is 1.26 bits per heavy atom. The quantitative estimate of drug-likeness (QED) is 0.845. The Morgan fingerprint density at radius 3 is 2.68 bits per heavy atom. The van der Waals surface area contributed by atoms with Gasteiger partial charge >= 0.3 is 6.09 Å². The van der Waals surface area contributed by atoms with Crippen LogP contribution in [0.3, 0.4) is 0 Å². The van der Waals surface area contributed by atoms with Crippen LogP contribution in [0.5, 0.6) is 0 Å². The van der Waals surface area contributed by atoms with Crippen LogP contribution in [0, 0.1) is 17.8 Å². The Bertz CT molecular complexity index is 483. The minimum absolute atomic E-state index is 0.235. The number of allylic oxidation sites excluding steroid dienone is 1. The van der Waals surface area contributed by atoms with Crippen LogP contribution in [0.1, 0.15) is 18.9 Å². The van der Waals surface area contributed by atoms with E-state index in [0.717, 1.165) is 5.56 Å². The van der Waals surface area contributed by atoms with Crippen LogP contribution in [-0.4, -0.2) is 12.1 Å². The fraction of sp³-hybridized carbons (Fsp3) is 0.438. The SMILES string of the molecule is C[C@H]1[C@@H](NC(=O)OCc2ccccc2)[C@@H]2C=C[C@H]1C2. The second-order valence-corrected chi connectivity index (χ2v) is 5.54. The first kappa shape index (κ1) is 12.3. The van der Waals surface area contributed by atoms with Gasteiger partial charge in [-0.25, -0.2) is 4.79 Å². The molecule has 0 saturated heterocycles. The molecule has 1 fully saturated rings. The molecule has 3 nitrogen and oxygen atoms in total. The van der Waals surface area contributed by atoms with Gasteiger partial charge in [0.25, 0.3) is 0 Å². The van der Waals surface area contributed by atoms with Crippen molar-refractivity contribution < 1.29 is 9.53 Å². The minimum atomic E-state index is -0.304. The first-order valence-corrected chi connectivity index (χ1v) is 6.89. The molecule has 0 unspecified atom stereocenters. The number of amides is 1. The topological polar surface area (TPSA) is 38.3 Å². The Kier molecular flexibility index (Phi) is 3.28. The molecular weight excluding hydrogens is 238 g/mol. The summed E-state index contributed by atoms with van der Waals surface area (Å²) in [5.74, 6) is 1.63. The first-order chi connectivity index (χ1) is 9.24. The number of hydrogen-bond donors (Lipinski definition) is 1. The lowest BCUT2D eigenvalue weighted by Gasteiger charge is -2.25. The number of alkyl carbamates (subject to hydrolysis) is 1. The average Bonchev–Trinajstić information content (AvgIpc) is 3.01. The highest BCUT2D eigenvalue weighted by Gasteiger charge is 2.42. The van der Waals surface area contributed by atoms with E-state index in [2.05, 4.69) is 24.4 Å². The van der Waals surface area contributed by atoms with Crippen LogP contribution in [0.15, 0.2) is 42.5 Å². The predicted octanol–water partition coefficient (Wildman–Crippen LogP) is 3.12. The van der Waals surface area contributed by atoms with Crippen molar-refractivity contribution in [2.24, 2.45) is 17.8 Å². The zero-order valence-electron chi connectivity index (χ0n) is 11.1. The normalized spacial score (nSPS) is 31.4. The largest absolute Gasteiger partial charge is 0.445 e. The molecule has 1 saturated carbocycles. The lowest BCUT2D eigenvalue weighted by molar-refractivity contribution is 0.131. The van der Waals surface area contributed by atoms with Crippen molar-refractivity contribution in [1.29, 1.82) is 0 Å². The van der Waals surface area contributed by atoms with Crippen molar-refractivity contribution in [2.75, 3.05) is 0 Å². The molecule has 1 aromatic rings. The van der Waals surface area contributed by atoms with E-state index in [-0.39, 0.29) is 12.1 Å². The molecule has 19 heavy (non-hydrogen) atoms. The summed E-state index contributed by atoms with van der Waals surface area (Å²) in [7, 11) is 0. The van der Waals surface area contributed by atoms with E-state index in [1.807, 2.05) is 30.3 Å². The molecule has 0 radical (unpaired) electrons. The van der Waals surface area contributed by atoms with Crippen LogP contribution in [-0.2, 0) is 11.3 Å². The summed E-state index contributed by atoms with van der Waals surface area (Å²) in [6.45, 7) is 2.54. The summed E-state index contributed by atoms with van der Waals surface area (Å²) >= 11 is 0. The molecule has 4 atom stereocenters. The number of rotatable bonds is 3. The molecule has 1 aromatic carbocycles. The van der Waals surface area contributed by atoms with E-state index in [4.69, 9.17) is 4.74 Å². The fourth-order valence-electron chi connectivity index (χ4n) is 3.21. The highest BCUT2D eigenvalue weighted by Crippen LogP contribution is 2.43. The molecule has 0 aromatic heterocycles. The van der Waals surface area contributed by atoms with Gasteiger partial charge in [-0.2, -0.15) is 0 Å². The number of carbonyl (C=O) groups excluding carboxylic acids is 1. The molecule has 1 N–H and O–H groups in total. The lowest BCUT2D eigenvalue weighted by Crippen LogP contribution is -2.42. The molecule has 1 amide bonds. The Balaban J connectivity index is 1.51. The van der Waals surface area contributed by atoms with Crippen LogP contribution in [0.25, 0.3) is 0 Å². The molecular formula is C16H19NO2. The van der Waals surface area contributed by atoms with Crippen molar-refractivity contribution in [1.82, 2.24) is 5.32 Å². The molecule has 0 aliphatic heterocycles. The Labute approximate surface area is 113 Å². The van der Waals surface area contributed by atoms with Gasteiger partial charge in [-0.05, 0) is 29.7 Å². The van der Waals surface area contributed by atoms with E-state index in [1.54, 1.807) is 0 Å². The van der Waals surface area contributed by atoms with Gasteiger partial charge in [0.2, 0.25) is 0 Å². The number of benzene rings is 1. The molecule has 2 aliphatic carbocycles. The second kappa shape index (κ2) is 5.08. The summed E-state index contributed by atoms with van der Waals surface area (Å²) in [6.07, 6.45) is 5.38. The summed E-state index contributed by atoms with van der Waals surface area (Å²) in [6, 6.07) is 9.98. The number of hydrogen-bond acceptors (Lipinski definition) is 2. The van der Waals surface area contributed by atoms with Crippen molar-refractivity contribution in [2.45, 2.75) is 26.0 Å². The highest BCUT2D eigenvalue weighted by molar-refractivity contribution is 5.68. The number of nitrogens with one attached hydrogen (secondary N) is 1. The number of fused-ring (bicyclic) bond motifs is 2. The van der Waals surface area contributed by atoms with Crippen molar-refractivity contribution in [3.05, 3.63) is 48.0 Å². The molecule has 0 heterocycles. The average molecular weight is 257 g/mol. The Hall–Kier alpha value is -1.77. The van der Waals surface area contributed by atoms with E-state index in [1.165, 1.54) is 6.42 Å². The minimum Gasteiger partial charge on any atom is -0.445 e. The smallest absolute Gasteiger partial charge is 0.407 e. The summed E-state index contributed by atoms with van der Waals surface area (Å²) < 4.78 is 5.27. The summed E-state index contributed by atoms with van der Waals surface area (Å²) in [4.78, 5) is 11.8. The predicted molar refractivity (Wildman–Crippen MR) is 73.5 cm³/mol. The van der Waals surface area contributed by atoms with Gasteiger partial charge in [0, 0.05) is 6.04 Å². The van der Waals surface area contributed by atoms with Crippen LogP contribution in [0.4, 0.5) is 4.79 Å². The van der Waals surface area contributed by atoms with Crippen LogP contribution >= 0.6 is 0 Å². The third-order valence-electron chi connectivity index (χ3n) is 4.35. The van der Waals surface area contributed by atoms with Gasteiger partial charge in [0.1, 0.15) is 6.61 Å². The third-order valence-corrected chi connectivity index (χ3v) is 4.35. The van der Waals surface area contributed by atoms with Crippen molar-refractivity contribution in [3.63, 3.8) is 0 Å². The molecule has 0 spiro atoms. The number of ether oxygens (including phenoxy) is 1. The van der Waals surface area contributed by atoms with Gasteiger partial charge in [-0.1, -0.05) is 49.4 Å². The van der Waals surface area contributed by atoms with Crippen molar-refractivity contribution >= 4 is 6.09 Å². The molecule has 3 heteroatoms.